The van der Waals surface area contributed by atoms with Gasteiger partial charge in [-0.2, -0.15) is 0 Å². The lowest BCUT2D eigenvalue weighted by Gasteiger charge is -2.37. The fourth-order valence-corrected chi connectivity index (χ4v) is 2.41. The van der Waals surface area contributed by atoms with Crippen LogP contribution in [-0.2, 0) is 11.8 Å². The topological polar surface area (TPSA) is 64.2 Å². The number of nitrogens with zero attached hydrogens (tertiary/aromatic N) is 3. The molecule has 2 unspecified atom stereocenters. The molecule has 2 heterocycles. The molecule has 2 rings (SSSR count). The minimum Gasteiger partial charge on any atom is -0.336 e. The van der Waals surface area contributed by atoms with Crippen LogP contribution in [0.15, 0.2) is 12.4 Å². The Balaban J connectivity index is 2.34. The second-order valence-corrected chi connectivity index (χ2v) is 4.38. The number of amides is 1. The molecule has 5 nitrogen and oxygen atoms in total. The monoisotopic (exact) mass is 222 g/mol. The van der Waals surface area contributed by atoms with Gasteiger partial charge in [-0.05, 0) is 18.9 Å². The van der Waals surface area contributed by atoms with Crippen molar-refractivity contribution in [3.8, 4) is 0 Å². The number of carbonyl (C=O) groups excluding carboxylic acids is 1. The second kappa shape index (κ2) is 4.25. The number of hydrogen-bond donors (Lipinski definition) is 1. The lowest BCUT2D eigenvalue weighted by molar-refractivity contribution is -0.137. The molecule has 2 N–H and O–H groups in total. The minimum absolute atomic E-state index is 0.0197. The summed E-state index contributed by atoms with van der Waals surface area (Å²) in [5.41, 5.74) is 5.78. The van der Waals surface area contributed by atoms with E-state index < -0.39 is 0 Å². The quantitative estimate of drug-likeness (QED) is 0.782. The SMILES string of the molecule is CN1C(=O)CCC(CN)C1c1nccn1C. The molecular formula is C11H18N4O. The van der Waals surface area contributed by atoms with Crippen LogP contribution in [-0.4, -0.2) is 34.0 Å². The van der Waals surface area contributed by atoms with Crippen molar-refractivity contribution in [3.05, 3.63) is 18.2 Å². The average molecular weight is 222 g/mol. The summed E-state index contributed by atoms with van der Waals surface area (Å²) in [4.78, 5) is 17.8. The molecule has 0 bridgehead atoms. The van der Waals surface area contributed by atoms with E-state index in [2.05, 4.69) is 4.98 Å². The molecule has 1 fully saturated rings. The molecular weight excluding hydrogens is 204 g/mol. The first-order valence-corrected chi connectivity index (χ1v) is 5.58. The van der Waals surface area contributed by atoms with Crippen LogP contribution in [0.1, 0.15) is 24.7 Å². The van der Waals surface area contributed by atoms with E-state index in [1.165, 1.54) is 0 Å². The molecule has 0 aromatic carbocycles. The Morgan fingerprint density at radius 2 is 2.31 bits per heavy atom. The third-order valence-corrected chi connectivity index (χ3v) is 3.41. The van der Waals surface area contributed by atoms with E-state index in [1.807, 2.05) is 24.9 Å². The molecule has 0 spiro atoms. The normalized spacial score (nSPS) is 26.2. The highest BCUT2D eigenvalue weighted by Gasteiger charge is 2.35. The molecule has 0 saturated carbocycles. The molecule has 2 atom stereocenters. The van der Waals surface area contributed by atoms with E-state index in [4.69, 9.17) is 5.73 Å². The van der Waals surface area contributed by atoms with Crippen LogP contribution in [0.4, 0.5) is 0 Å². The predicted molar refractivity (Wildman–Crippen MR) is 60.5 cm³/mol. The number of nitrogens with two attached hydrogens (primary N) is 1. The average Bonchev–Trinajstić information content (AvgIpc) is 2.68. The molecule has 1 amide bonds. The maximum Gasteiger partial charge on any atom is 0.222 e. The van der Waals surface area contributed by atoms with E-state index in [0.29, 0.717) is 18.9 Å². The Bertz CT molecular complexity index is 387. The highest BCUT2D eigenvalue weighted by Crippen LogP contribution is 2.33. The van der Waals surface area contributed by atoms with Crippen molar-refractivity contribution in [2.45, 2.75) is 18.9 Å². The smallest absolute Gasteiger partial charge is 0.222 e. The van der Waals surface area contributed by atoms with Gasteiger partial charge in [0, 0.05) is 32.9 Å². The third kappa shape index (κ3) is 1.71. The van der Waals surface area contributed by atoms with E-state index in [1.54, 1.807) is 11.1 Å². The van der Waals surface area contributed by atoms with Gasteiger partial charge >= 0.3 is 0 Å². The molecule has 0 aliphatic carbocycles. The van der Waals surface area contributed by atoms with Crippen LogP contribution < -0.4 is 5.73 Å². The van der Waals surface area contributed by atoms with Gasteiger partial charge in [0.05, 0.1) is 6.04 Å². The highest BCUT2D eigenvalue weighted by molar-refractivity contribution is 5.77. The number of piperidine rings is 1. The fourth-order valence-electron chi connectivity index (χ4n) is 2.41. The highest BCUT2D eigenvalue weighted by atomic mass is 16.2. The summed E-state index contributed by atoms with van der Waals surface area (Å²) in [5, 5.41) is 0. The number of rotatable bonds is 2. The van der Waals surface area contributed by atoms with Gasteiger partial charge in [0.25, 0.3) is 0 Å². The van der Waals surface area contributed by atoms with Crippen molar-refractivity contribution in [2.24, 2.45) is 18.7 Å². The van der Waals surface area contributed by atoms with Crippen molar-refractivity contribution in [3.63, 3.8) is 0 Å². The van der Waals surface area contributed by atoms with Gasteiger partial charge in [-0.25, -0.2) is 4.98 Å². The van der Waals surface area contributed by atoms with E-state index in [9.17, 15) is 4.79 Å². The van der Waals surface area contributed by atoms with Crippen molar-refractivity contribution in [2.75, 3.05) is 13.6 Å². The second-order valence-electron chi connectivity index (χ2n) is 4.38. The molecule has 16 heavy (non-hydrogen) atoms. The van der Waals surface area contributed by atoms with Crippen LogP contribution in [0, 0.1) is 5.92 Å². The van der Waals surface area contributed by atoms with Gasteiger partial charge in [-0.3, -0.25) is 4.79 Å². The van der Waals surface area contributed by atoms with Crippen LogP contribution in [0.2, 0.25) is 0 Å². The minimum atomic E-state index is 0.0197. The lowest BCUT2D eigenvalue weighted by Crippen LogP contribution is -2.43. The first-order valence-electron chi connectivity index (χ1n) is 5.58. The summed E-state index contributed by atoms with van der Waals surface area (Å²) in [7, 11) is 3.78. The molecule has 88 valence electrons. The largest absolute Gasteiger partial charge is 0.336 e. The molecule has 1 aromatic rings. The molecule has 1 aliphatic rings. The van der Waals surface area contributed by atoms with Crippen molar-refractivity contribution < 1.29 is 4.79 Å². The van der Waals surface area contributed by atoms with Crippen LogP contribution in [0.3, 0.4) is 0 Å². The Morgan fingerprint density at radius 1 is 1.56 bits per heavy atom. The summed E-state index contributed by atoms with van der Waals surface area (Å²) < 4.78 is 1.96. The van der Waals surface area contributed by atoms with Crippen LogP contribution in [0.25, 0.3) is 0 Å². The predicted octanol–water partition coefficient (Wildman–Crippen LogP) is 0.288. The maximum absolute atomic E-state index is 11.7. The summed E-state index contributed by atoms with van der Waals surface area (Å²) >= 11 is 0. The number of likely N-dealkylation sites (tertiary alicyclic amines) is 1. The molecule has 1 aromatic heterocycles. The lowest BCUT2D eigenvalue weighted by atomic mass is 9.88. The zero-order valence-electron chi connectivity index (χ0n) is 9.76. The molecule has 0 radical (unpaired) electrons. The van der Waals surface area contributed by atoms with Crippen molar-refractivity contribution in [1.29, 1.82) is 0 Å². The standard InChI is InChI=1S/C11H18N4O/c1-14-6-5-13-11(14)10-8(7-12)3-4-9(16)15(10)2/h5-6,8,10H,3-4,7,12H2,1-2H3. The van der Waals surface area contributed by atoms with Gasteiger partial charge in [0.1, 0.15) is 5.82 Å². The van der Waals surface area contributed by atoms with Gasteiger partial charge in [0.2, 0.25) is 5.91 Å². The van der Waals surface area contributed by atoms with Crippen LogP contribution in [0.5, 0.6) is 0 Å². The number of aromatic nitrogens is 2. The Hall–Kier alpha value is -1.36. The van der Waals surface area contributed by atoms with E-state index in [-0.39, 0.29) is 11.9 Å². The third-order valence-electron chi connectivity index (χ3n) is 3.41. The Kier molecular flexibility index (Phi) is 2.96. The zero-order valence-corrected chi connectivity index (χ0v) is 9.76. The first kappa shape index (κ1) is 11.1. The number of hydrogen-bond acceptors (Lipinski definition) is 3. The summed E-state index contributed by atoms with van der Waals surface area (Å²) in [6, 6.07) is 0.0197. The molecule has 5 heteroatoms. The van der Waals surface area contributed by atoms with Gasteiger partial charge < -0.3 is 15.2 Å². The number of aryl methyl sites for hydroxylation is 1. The number of imidazole rings is 1. The van der Waals surface area contributed by atoms with Gasteiger partial charge in [-0.15, -0.1) is 0 Å². The van der Waals surface area contributed by atoms with Crippen molar-refractivity contribution >= 4 is 5.91 Å². The number of carbonyl (C=O) groups is 1. The van der Waals surface area contributed by atoms with Crippen molar-refractivity contribution in [1.82, 2.24) is 14.5 Å². The van der Waals surface area contributed by atoms with E-state index >= 15 is 0 Å². The Morgan fingerprint density at radius 3 is 2.88 bits per heavy atom. The summed E-state index contributed by atoms with van der Waals surface area (Å²) in [6.45, 7) is 0.592. The summed E-state index contributed by atoms with van der Waals surface area (Å²) in [6.07, 6.45) is 5.11. The first-order chi connectivity index (χ1) is 7.65. The Labute approximate surface area is 95.2 Å². The van der Waals surface area contributed by atoms with Crippen LogP contribution >= 0.6 is 0 Å². The van der Waals surface area contributed by atoms with E-state index in [0.717, 1.165) is 12.2 Å². The molecule has 1 aliphatic heterocycles. The fraction of sp³-hybridized carbons (Fsp3) is 0.636. The maximum atomic E-state index is 11.7. The summed E-state index contributed by atoms with van der Waals surface area (Å²) in [5.74, 6) is 1.41. The zero-order chi connectivity index (χ0) is 11.7. The molecule has 1 saturated heterocycles. The van der Waals surface area contributed by atoms with Gasteiger partial charge in [0.15, 0.2) is 0 Å². The van der Waals surface area contributed by atoms with Gasteiger partial charge in [-0.1, -0.05) is 0 Å².